The van der Waals surface area contributed by atoms with Gasteiger partial charge in [0.2, 0.25) is 10.0 Å². The van der Waals surface area contributed by atoms with Crippen LogP contribution in [0.1, 0.15) is 26.3 Å². The summed E-state index contributed by atoms with van der Waals surface area (Å²) in [5.41, 5.74) is -4.33. The quantitative estimate of drug-likeness (QED) is 0.595. The summed E-state index contributed by atoms with van der Waals surface area (Å²) in [4.78, 5) is 13.9. The molecule has 2 aromatic rings. The Balaban J connectivity index is 2.08. The second-order valence-electron chi connectivity index (χ2n) is 9.35. The summed E-state index contributed by atoms with van der Waals surface area (Å²) < 4.78 is 84.4. The van der Waals surface area contributed by atoms with Crippen LogP contribution in [-0.2, 0) is 21.2 Å². The molecule has 0 saturated carbocycles. The van der Waals surface area contributed by atoms with Gasteiger partial charge in [0.05, 0.1) is 24.9 Å². The Hall–Kier alpha value is -2.50. The average Bonchev–Trinajstić information content (AvgIpc) is 2.90. The maximum Gasteiger partial charge on any atom is 0.254 e. The van der Waals surface area contributed by atoms with Gasteiger partial charge in [0.1, 0.15) is 28.7 Å². The van der Waals surface area contributed by atoms with E-state index < -0.39 is 63.3 Å². The van der Waals surface area contributed by atoms with Gasteiger partial charge in [-0.2, -0.15) is 0 Å². The van der Waals surface area contributed by atoms with Crippen molar-refractivity contribution in [3.05, 3.63) is 59.4 Å². The van der Waals surface area contributed by atoms with Crippen molar-refractivity contribution in [2.24, 2.45) is 0 Å². The summed E-state index contributed by atoms with van der Waals surface area (Å²) in [6.07, 6.45) is 0.506. The van der Waals surface area contributed by atoms with E-state index in [9.17, 15) is 27.1 Å². The first-order valence-electron chi connectivity index (χ1n) is 10.4. The molecule has 0 spiro atoms. The van der Waals surface area contributed by atoms with Crippen molar-refractivity contribution in [2.45, 2.75) is 50.5 Å². The molecule has 1 aliphatic rings. The fraction of sp³-hybridized carbons (Fsp3) is 0.435. The number of halogens is 4. The largest absolute Gasteiger partial charge is 0.381 e. The summed E-state index contributed by atoms with van der Waals surface area (Å²) >= 11 is 0. The minimum absolute atomic E-state index is 0.0290. The standard InChI is InChI=1S/C23H26F4N2O4S/c1-22(2,31)21(30)29-12-23(3,27)20(28-34(4,32)33)18(29)10-13-6-5-7-17(19(13)26)14-8-15(24)11-16(25)9-14/h5-9,11,18,20,28,31H,10,12H2,1-4H3/t18-,20?,23?/m0/s1. The van der Waals surface area contributed by atoms with E-state index in [4.69, 9.17) is 0 Å². The van der Waals surface area contributed by atoms with Gasteiger partial charge in [-0.05, 0) is 50.5 Å². The Labute approximate surface area is 195 Å². The molecule has 6 nitrogen and oxygen atoms in total. The van der Waals surface area contributed by atoms with Gasteiger partial charge < -0.3 is 10.0 Å². The van der Waals surface area contributed by atoms with E-state index in [2.05, 4.69) is 4.72 Å². The normalized spacial score (nSPS) is 23.4. The number of carbonyl (C=O) groups excluding carboxylic acids is 1. The van der Waals surface area contributed by atoms with Crippen molar-refractivity contribution < 1.29 is 35.9 Å². The third-order valence-electron chi connectivity index (χ3n) is 5.72. The maximum atomic E-state index is 15.5. The van der Waals surface area contributed by atoms with Crippen LogP contribution in [0.2, 0.25) is 0 Å². The van der Waals surface area contributed by atoms with E-state index in [1.165, 1.54) is 32.0 Å². The molecule has 2 aromatic carbocycles. The van der Waals surface area contributed by atoms with Crippen molar-refractivity contribution >= 4 is 15.9 Å². The maximum absolute atomic E-state index is 15.5. The lowest BCUT2D eigenvalue weighted by Crippen LogP contribution is -2.54. The molecule has 0 radical (unpaired) electrons. The van der Waals surface area contributed by atoms with Crippen molar-refractivity contribution in [1.82, 2.24) is 9.62 Å². The SMILES string of the molecule is CC(C)(O)C(=O)N1CC(C)(F)C(NS(C)(=O)=O)[C@@H]1Cc1cccc(-c2cc(F)cc(F)c2)c1F. The van der Waals surface area contributed by atoms with Gasteiger partial charge in [0.25, 0.3) is 5.91 Å². The monoisotopic (exact) mass is 502 g/mol. The van der Waals surface area contributed by atoms with E-state index in [1.807, 2.05) is 0 Å². The number of amides is 1. The highest BCUT2D eigenvalue weighted by molar-refractivity contribution is 7.88. The summed E-state index contributed by atoms with van der Waals surface area (Å²) in [7, 11) is -3.93. The fourth-order valence-electron chi connectivity index (χ4n) is 4.26. The second-order valence-corrected chi connectivity index (χ2v) is 11.1. The Morgan fingerprint density at radius 3 is 2.32 bits per heavy atom. The molecule has 1 fully saturated rings. The second kappa shape index (κ2) is 8.94. The molecule has 2 unspecified atom stereocenters. The van der Waals surface area contributed by atoms with Crippen LogP contribution in [0.4, 0.5) is 17.6 Å². The number of rotatable bonds is 6. The van der Waals surface area contributed by atoms with Crippen LogP contribution in [-0.4, -0.2) is 60.5 Å². The summed E-state index contributed by atoms with van der Waals surface area (Å²) in [5, 5.41) is 10.2. The Morgan fingerprint density at radius 1 is 1.21 bits per heavy atom. The topological polar surface area (TPSA) is 86.7 Å². The highest BCUT2D eigenvalue weighted by atomic mass is 32.2. The summed E-state index contributed by atoms with van der Waals surface area (Å²) in [6, 6.07) is 4.02. The zero-order valence-corrected chi connectivity index (χ0v) is 19.9. The van der Waals surface area contributed by atoms with Crippen LogP contribution in [0.25, 0.3) is 11.1 Å². The molecular weight excluding hydrogens is 476 g/mol. The Morgan fingerprint density at radius 2 is 1.79 bits per heavy atom. The number of nitrogens with zero attached hydrogens (tertiary/aromatic N) is 1. The molecule has 11 heteroatoms. The molecule has 1 amide bonds. The number of nitrogens with one attached hydrogen (secondary N) is 1. The Bertz CT molecular complexity index is 1190. The van der Waals surface area contributed by atoms with E-state index >= 15 is 8.78 Å². The number of sulfonamides is 1. The number of hydrogen-bond donors (Lipinski definition) is 2. The third kappa shape index (κ3) is 5.59. The van der Waals surface area contributed by atoms with Crippen molar-refractivity contribution in [3.63, 3.8) is 0 Å². The van der Waals surface area contributed by atoms with Gasteiger partial charge in [0.15, 0.2) is 0 Å². The van der Waals surface area contributed by atoms with Gasteiger partial charge in [-0.1, -0.05) is 18.2 Å². The van der Waals surface area contributed by atoms with Crippen LogP contribution in [0, 0.1) is 17.5 Å². The van der Waals surface area contributed by atoms with Gasteiger partial charge in [0, 0.05) is 11.6 Å². The molecule has 1 aliphatic heterocycles. The first-order chi connectivity index (χ1) is 15.5. The van der Waals surface area contributed by atoms with Crippen LogP contribution in [0.3, 0.4) is 0 Å². The molecule has 1 saturated heterocycles. The molecule has 34 heavy (non-hydrogen) atoms. The van der Waals surface area contributed by atoms with Crippen LogP contribution < -0.4 is 4.72 Å². The summed E-state index contributed by atoms with van der Waals surface area (Å²) in [5.74, 6) is -3.51. The van der Waals surface area contributed by atoms with Gasteiger partial charge in [-0.3, -0.25) is 4.79 Å². The minimum atomic E-state index is -3.93. The zero-order valence-electron chi connectivity index (χ0n) is 19.1. The molecule has 0 bridgehead atoms. The molecule has 3 atom stereocenters. The van der Waals surface area contributed by atoms with Crippen molar-refractivity contribution in [3.8, 4) is 11.1 Å². The van der Waals surface area contributed by atoms with E-state index in [-0.39, 0.29) is 23.1 Å². The predicted molar refractivity (Wildman–Crippen MR) is 119 cm³/mol. The van der Waals surface area contributed by atoms with Gasteiger partial charge in [-0.15, -0.1) is 0 Å². The van der Waals surface area contributed by atoms with Crippen molar-refractivity contribution in [1.29, 1.82) is 0 Å². The number of likely N-dealkylation sites (tertiary alicyclic amines) is 1. The van der Waals surface area contributed by atoms with Crippen LogP contribution >= 0.6 is 0 Å². The summed E-state index contributed by atoms with van der Waals surface area (Å²) in [6.45, 7) is 2.99. The third-order valence-corrected chi connectivity index (χ3v) is 6.40. The molecular formula is C23H26F4N2O4S. The molecule has 0 aromatic heterocycles. The van der Waals surface area contributed by atoms with Crippen LogP contribution in [0.5, 0.6) is 0 Å². The minimum Gasteiger partial charge on any atom is -0.381 e. The number of alkyl halides is 1. The molecule has 3 rings (SSSR count). The van der Waals surface area contributed by atoms with Crippen molar-refractivity contribution in [2.75, 3.05) is 12.8 Å². The average molecular weight is 503 g/mol. The van der Waals surface area contributed by atoms with Gasteiger partial charge >= 0.3 is 0 Å². The smallest absolute Gasteiger partial charge is 0.254 e. The van der Waals surface area contributed by atoms with Crippen LogP contribution in [0.15, 0.2) is 36.4 Å². The Kier molecular flexibility index (Phi) is 6.86. The number of benzene rings is 2. The fourth-order valence-corrected chi connectivity index (χ4v) is 5.12. The zero-order chi connectivity index (χ0) is 25.6. The molecule has 0 aliphatic carbocycles. The highest BCUT2D eigenvalue weighted by Crippen LogP contribution is 2.36. The molecule has 1 heterocycles. The predicted octanol–water partition coefficient (Wildman–Crippen LogP) is 2.94. The van der Waals surface area contributed by atoms with E-state index in [0.717, 1.165) is 30.2 Å². The van der Waals surface area contributed by atoms with E-state index in [1.54, 1.807) is 0 Å². The number of aliphatic hydroxyl groups is 1. The molecule has 186 valence electrons. The number of hydrogen-bond acceptors (Lipinski definition) is 4. The highest BCUT2D eigenvalue weighted by Gasteiger charge is 2.54. The lowest BCUT2D eigenvalue weighted by molar-refractivity contribution is -0.149. The van der Waals surface area contributed by atoms with Gasteiger partial charge in [-0.25, -0.2) is 30.7 Å². The molecule has 2 N–H and O–H groups in total. The first-order valence-corrected chi connectivity index (χ1v) is 12.3. The van der Waals surface area contributed by atoms with E-state index in [0.29, 0.717) is 6.07 Å². The lowest BCUT2D eigenvalue weighted by atomic mass is 9.92. The lowest BCUT2D eigenvalue weighted by Gasteiger charge is -2.32. The first kappa shape index (κ1) is 26.1. The number of carbonyl (C=O) groups is 1.